The second-order valence-electron chi connectivity index (χ2n) is 4.39. The summed E-state index contributed by atoms with van der Waals surface area (Å²) in [5.41, 5.74) is 0. The van der Waals surface area contributed by atoms with Crippen LogP contribution in [0.1, 0.15) is 39.5 Å². The van der Waals surface area contributed by atoms with E-state index in [1.165, 1.54) is 25.7 Å². The van der Waals surface area contributed by atoms with E-state index in [4.69, 9.17) is 0 Å². The van der Waals surface area contributed by atoms with Gasteiger partial charge < -0.3 is 0 Å². The molecule has 0 aromatic heterocycles. The molecule has 0 saturated heterocycles. The standard InChI is InChI=1S/C10H18/c1-7-8(2)10-5-3-9(7)4-6-10/h7-10H,3-6H2,1-2H3. The molecule has 10 heavy (non-hydrogen) atoms. The molecule has 0 aliphatic heterocycles. The molecule has 58 valence electrons. The maximum absolute atomic E-state index is 2.46. The first-order valence-electron chi connectivity index (χ1n) is 4.79. The summed E-state index contributed by atoms with van der Waals surface area (Å²) in [6.45, 7) is 4.92. The first-order chi connectivity index (χ1) is 4.79. The Morgan fingerprint density at radius 2 is 1.00 bits per heavy atom. The van der Waals surface area contributed by atoms with E-state index < -0.39 is 0 Å². The van der Waals surface area contributed by atoms with Crippen molar-refractivity contribution in [2.75, 3.05) is 0 Å². The van der Waals surface area contributed by atoms with E-state index in [1.807, 2.05) is 0 Å². The second-order valence-corrected chi connectivity index (χ2v) is 4.39. The molecule has 3 aliphatic rings. The average Bonchev–Trinajstić information content (AvgIpc) is 2.00. The summed E-state index contributed by atoms with van der Waals surface area (Å²) in [5, 5.41) is 0. The molecule has 2 atom stereocenters. The topological polar surface area (TPSA) is 0 Å². The van der Waals surface area contributed by atoms with Gasteiger partial charge in [-0.2, -0.15) is 0 Å². The lowest BCUT2D eigenvalue weighted by Gasteiger charge is -2.46. The van der Waals surface area contributed by atoms with Crippen molar-refractivity contribution in [2.45, 2.75) is 39.5 Å². The van der Waals surface area contributed by atoms with Crippen molar-refractivity contribution in [1.82, 2.24) is 0 Å². The molecule has 0 spiro atoms. The van der Waals surface area contributed by atoms with Crippen LogP contribution in [0.3, 0.4) is 0 Å². The van der Waals surface area contributed by atoms with Gasteiger partial charge in [-0.05, 0) is 49.4 Å². The highest BCUT2D eigenvalue weighted by molar-refractivity contribution is 4.88. The van der Waals surface area contributed by atoms with Crippen LogP contribution in [0.2, 0.25) is 0 Å². The highest BCUT2D eigenvalue weighted by Gasteiger charge is 2.38. The van der Waals surface area contributed by atoms with Gasteiger partial charge in [0.05, 0.1) is 0 Å². The fraction of sp³-hybridized carbons (Fsp3) is 1.00. The maximum Gasteiger partial charge on any atom is -0.0386 e. The third kappa shape index (κ3) is 0.810. The minimum atomic E-state index is 1.03. The molecule has 0 heterocycles. The number of rotatable bonds is 0. The predicted molar refractivity (Wildman–Crippen MR) is 43.8 cm³/mol. The lowest BCUT2D eigenvalue weighted by molar-refractivity contribution is 0.0455. The predicted octanol–water partition coefficient (Wildman–Crippen LogP) is 3.08. The first kappa shape index (κ1) is 6.69. The zero-order valence-corrected chi connectivity index (χ0v) is 7.14. The SMILES string of the molecule is CC1C2CCC(CC2)C1C. The lowest BCUT2D eigenvalue weighted by atomic mass is 9.60. The van der Waals surface area contributed by atoms with Crippen molar-refractivity contribution in [3.8, 4) is 0 Å². The van der Waals surface area contributed by atoms with Crippen LogP contribution in [-0.4, -0.2) is 0 Å². The summed E-state index contributed by atoms with van der Waals surface area (Å²) >= 11 is 0. The first-order valence-corrected chi connectivity index (χ1v) is 4.79. The van der Waals surface area contributed by atoms with Crippen molar-refractivity contribution in [3.63, 3.8) is 0 Å². The van der Waals surface area contributed by atoms with E-state index in [0.717, 1.165) is 23.7 Å². The van der Waals surface area contributed by atoms with Gasteiger partial charge in [-0.1, -0.05) is 13.8 Å². The Bertz CT molecular complexity index is 100. The largest absolute Gasteiger partial charge is 0.0620 e. The summed E-state index contributed by atoms with van der Waals surface area (Å²) in [6, 6.07) is 0. The minimum Gasteiger partial charge on any atom is -0.0620 e. The molecule has 0 aromatic carbocycles. The molecular formula is C10H18. The third-order valence-electron chi connectivity index (χ3n) is 4.13. The van der Waals surface area contributed by atoms with Gasteiger partial charge in [0.25, 0.3) is 0 Å². The zero-order chi connectivity index (χ0) is 7.14. The summed E-state index contributed by atoms with van der Waals surface area (Å²) in [5.74, 6) is 4.26. The third-order valence-corrected chi connectivity index (χ3v) is 4.13. The fourth-order valence-electron chi connectivity index (χ4n) is 3.06. The van der Waals surface area contributed by atoms with E-state index >= 15 is 0 Å². The number of hydrogen-bond donors (Lipinski definition) is 0. The normalized spacial score (nSPS) is 53.4. The quantitative estimate of drug-likeness (QED) is 0.482. The molecule has 0 amide bonds. The molecule has 3 fully saturated rings. The highest BCUT2D eigenvalue weighted by Crippen LogP contribution is 2.48. The van der Waals surface area contributed by atoms with Crippen LogP contribution in [0, 0.1) is 23.7 Å². The summed E-state index contributed by atoms with van der Waals surface area (Å²) in [6.07, 6.45) is 6.15. The molecule has 3 rings (SSSR count). The smallest absolute Gasteiger partial charge is 0.0386 e. The average molecular weight is 138 g/mol. The number of fused-ring (bicyclic) bond motifs is 3. The van der Waals surface area contributed by atoms with Gasteiger partial charge >= 0.3 is 0 Å². The van der Waals surface area contributed by atoms with Gasteiger partial charge in [0.15, 0.2) is 0 Å². The Kier molecular flexibility index (Phi) is 1.51. The van der Waals surface area contributed by atoms with Gasteiger partial charge in [0.1, 0.15) is 0 Å². The van der Waals surface area contributed by atoms with Gasteiger partial charge in [0, 0.05) is 0 Å². The zero-order valence-electron chi connectivity index (χ0n) is 7.14. The fourth-order valence-corrected chi connectivity index (χ4v) is 3.06. The van der Waals surface area contributed by atoms with E-state index in [-0.39, 0.29) is 0 Å². The van der Waals surface area contributed by atoms with Crippen molar-refractivity contribution < 1.29 is 0 Å². The van der Waals surface area contributed by atoms with Crippen molar-refractivity contribution in [1.29, 1.82) is 0 Å². The van der Waals surface area contributed by atoms with Crippen LogP contribution < -0.4 is 0 Å². The molecule has 0 heteroatoms. The van der Waals surface area contributed by atoms with Crippen molar-refractivity contribution in [2.24, 2.45) is 23.7 Å². The molecular weight excluding hydrogens is 120 g/mol. The van der Waals surface area contributed by atoms with Crippen LogP contribution in [0.5, 0.6) is 0 Å². The van der Waals surface area contributed by atoms with Crippen LogP contribution in [-0.2, 0) is 0 Å². The van der Waals surface area contributed by atoms with Gasteiger partial charge in [0.2, 0.25) is 0 Å². The lowest BCUT2D eigenvalue weighted by Crippen LogP contribution is -2.36. The summed E-state index contributed by atoms with van der Waals surface area (Å²) in [4.78, 5) is 0. The second kappa shape index (κ2) is 2.25. The maximum atomic E-state index is 2.46. The van der Waals surface area contributed by atoms with Crippen LogP contribution >= 0.6 is 0 Å². The monoisotopic (exact) mass is 138 g/mol. The molecule has 0 aromatic rings. The Morgan fingerprint density at radius 1 is 0.700 bits per heavy atom. The van der Waals surface area contributed by atoms with E-state index in [1.54, 1.807) is 0 Å². The molecule has 0 radical (unpaired) electrons. The van der Waals surface area contributed by atoms with Gasteiger partial charge in [-0.25, -0.2) is 0 Å². The van der Waals surface area contributed by atoms with Crippen molar-refractivity contribution in [3.05, 3.63) is 0 Å². The van der Waals surface area contributed by atoms with Crippen LogP contribution in [0.15, 0.2) is 0 Å². The Balaban J connectivity index is 2.13. The summed E-state index contributed by atoms with van der Waals surface area (Å²) < 4.78 is 0. The molecule has 2 bridgehead atoms. The Labute approximate surface area is 64.0 Å². The Morgan fingerprint density at radius 3 is 1.20 bits per heavy atom. The molecule has 3 saturated carbocycles. The molecule has 2 unspecified atom stereocenters. The summed E-state index contributed by atoms with van der Waals surface area (Å²) in [7, 11) is 0. The number of hydrogen-bond acceptors (Lipinski definition) is 0. The van der Waals surface area contributed by atoms with Gasteiger partial charge in [-0.15, -0.1) is 0 Å². The van der Waals surface area contributed by atoms with E-state index in [2.05, 4.69) is 13.8 Å². The highest BCUT2D eigenvalue weighted by atomic mass is 14.4. The minimum absolute atomic E-state index is 1.03. The van der Waals surface area contributed by atoms with E-state index in [0.29, 0.717) is 0 Å². The van der Waals surface area contributed by atoms with E-state index in [9.17, 15) is 0 Å². The molecule has 0 N–H and O–H groups in total. The molecule has 0 nitrogen and oxygen atoms in total. The molecule has 3 aliphatic carbocycles. The van der Waals surface area contributed by atoms with Crippen molar-refractivity contribution >= 4 is 0 Å². The van der Waals surface area contributed by atoms with Crippen LogP contribution in [0.4, 0.5) is 0 Å². The Hall–Kier alpha value is 0. The van der Waals surface area contributed by atoms with Crippen LogP contribution in [0.25, 0.3) is 0 Å². The van der Waals surface area contributed by atoms with Gasteiger partial charge in [-0.3, -0.25) is 0 Å².